The van der Waals surface area contributed by atoms with Gasteiger partial charge in [-0.25, -0.2) is 4.79 Å². The van der Waals surface area contributed by atoms with Crippen molar-refractivity contribution in [1.29, 1.82) is 0 Å². The van der Waals surface area contributed by atoms with Crippen molar-refractivity contribution >= 4 is 88.0 Å². The molecule has 0 aliphatic carbocycles. The molecule has 0 saturated carbocycles. The van der Waals surface area contributed by atoms with Crippen molar-refractivity contribution in [2.45, 2.75) is 27.8 Å². The van der Waals surface area contributed by atoms with E-state index in [2.05, 4.69) is 5.32 Å². The van der Waals surface area contributed by atoms with Gasteiger partial charge in [0.2, 0.25) is 18.2 Å². The highest BCUT2D eigenvalue weighted by Gasteiger charge is 2.54. The SMILES string of the molecule is O=C(CSc1cc(Cl)ccc1Cl)N[C@@H]1C(=O)N2C(C(=O)O)=C(CSc3cc[n+](CC(=O)C(=O)[O-])cc3)CS[C@H]12. The molecule has 2 aromatic rings. The van der Waals surface area contributed by atoms with Crippen molar-refractivity contribution in [3.05, 3.63) is 64.0 Å². The molecule has 2 atom stereocenters. The second kappa shape index (κ2) is 12.6. The summed E-state index contributed by atoms with van der Waals surface area (Å²) in [5, 5.41) is 23.6. The first-order chi connectivity index (χ1) is 18.5. The predicted molar refractivity (Wildman–Crippen MR) is 144 cm³/mol. The summed E-state index contributed by atoms with van der Waals surface area (Å²) in [7, 11) is 0. The van der Waals surface area contributed by atoms with Crippen LogP contribution in [0.4, 0.5) is 0 Å². The van der Waals surface area contributed by atoms with Gasteiger partial charge in [0.1, 0.15) is 23.1 Å². The number of benzene rings is 1. The fraction of sp³-hybridized carbons (Fsp3) is 0.250. The van der Waals surface area contributed by atoms with Crippen molar-refractivity contribution < 1.29 is 38.8 Å². The first-order valence-electron chi connectivity index (χ1n) is 11.2. The number of nitrogens with zero attached hydrogens (tertiary/aromatic N) is 2. The Morgan fingerprint density at radius 2 is 1.87 bits per heavy atom. The van der Waals surface area contributed by atoms with Gasteiger partial charge in [0.05, 0.1) is 10.8 Å². The quantitative estimate of drug-likeness (QED) is 0.161. The van der Waals surface area contributed by atoms with Crippen molar-refractivity contribution in [2.75, 3.05) is 17.3 Å². The van der Waals surface area contributed by atoms with Crippen molar-refractivity contribution in [1.82, 2.24) is 10.2 Å². The van der Waals surface area contributed by atoms with Gasteiger partial charge in [0.25, 0.3) is 5.91 Å². The Hall–Kier alpha value is -2.71. The number of aromatic nitrogens is 1. The number of rotatable bonds is 11. The molecule has 2 amide bonds. The van der Waals surface area contributed by atoms with Gasteiger partial charge in [-0.3, -0.25) is 19.3 Å². The van der Waals surface area contributed by atoms with Gasteiger partial charge in [-0.2, -0.15) is 4.57 Å². The smallest absolute Gasteiger partial charge is 0.352 e. The number of fused-ring (bicyclic) bond motifs is 1. The summed E-state index contributed by atoms with van der Waals surface area (Å²) >= 11 is 16.0. The van der Waals surface area contributed by atoms with Crippen LogP contribution in [-0.2, 0) is 30.5 Å². The van der Waals surface area contributed by atoms with Crippen LogP contribution in [0.5, 0.6) is 0 Å². The number of hydrogen-bond donors (Lipinski definition) is 2. The molecule has 1 aromatic heterocycles. The number of carbonyl (C=O) groups is 5. The summed E-state index contributed by atoms with van der Waals surface area (Å²) in [5.74, 6) is -4.27. The molecule has 2 aliphatic heterocycles. The van der Waals surface area contributed by atoms with Gasteiger partial charge in [0, 0.05) is 38.5 Å². The first kappa shape index (κ1) is 29.3. The molecule has 0 spiro atoms. The molecule has 3 heterocycles. The number of Topliss-reactive ketones (excluding diaryl/α,β-unsaturated/α-hetero) is 1. The predicted octanol–water partition coefficient (Wildman–Crippen LogP) is 1.22. The molecule has 1 fully saturated rings. The van der Waals surface area contributed by atoms with Gasteiger partial charge in [0.15, 0.2) is 12.4 Å². The number of carboxylic acid groups (broad SMARTS) is 2. The van der Waals surface area contributed by atoms with Crippen LogP contribution >= 0.6 is 58.5 Å². The van der Waals surface area contributed by atoms with Gasteiger partial charge in [-0.15, -0.1) is 35.3 Å². The Morgan fingerprint density at radius 3 is 2.54 bits per heavy atom. The molecule has 39 heavy (non-hydrogen) atoms. The van der Waals surface area contributed by atoms with Crippen LogP contribution in [0.25, 0.3) is 0 Å². The minimum Gasteiger partial charge on any atom is -0.542 e. The van der Waals surface area contributed by atoms with Crippen LogP contribution in [0.15, 0.2) is 63.8 Å². The number of hydrogen-bond acceptors (Lipinski definition) is 9. The zero-order chi connectivity index (χ0) is 28.3. The minimum absolute atomic E-state index is 0.00315. The standard InChI is InChI=1S/C24H19Cl2N3O7S3/c25-13-1-2-15(26)17(7-13)38-11-18(31)27-19-21(32)29-20(24(35)36)12(10-39-22(19)29)9-37-14-3-5-28(6-4-14)8-16(30)23(33)34/h1-7,19,22H,8-11H2,(H2-,27,31,33,34,35,36)/t19-,22-/m1/s1. The molecule has 204 valence electrons. The number of carbonyl (C=O) groups excluding carboxylic acids is 4. The third kappa shape index (κ3) is 6.90. The van der Waals surface area contributed by atoms with Crippen molar-refractivity contribution in [2.24, 2.45) is 0 Å². The number of nitrogens with one attached hydrogen (secondary N) is 1. The molecule has 2 aliphatic rings. The summed E-state index contributed by atoms with van der Waals surface area (Å²) < 4.78 is 1.39. The van der Waals surface area contributed by atoms with Crippen LogP contribution in [-0.4, -0.2) is 68.2 Å². The van der Waals surface area contributed by atoms with Crippen molar-refractivity contribution in [3.8, 4) is 0 Å². The lowest BCUT2D eigenvalue weighted by atomic mass is 10.0. The first-order valence-corrected chi connectivity index (χ1v) is 15.0. The summed E-state index contributed by atoms with van der Waals surface area (Å²) in [4.78, 5) is 62.0. The summed E-state index contributed by atoms with van der Waals surface area (Å²) in [6.45, 7) is -0.360. The highest BCUT2D eigenvalue weighted by atomic mass is 35.5. The number of β-lactam (4-membered cyclic amide) rings is 1. The maximum atomic E-state index is 12.9. The van der Waals surface area contributed by atoms with E-state index >= 15 is 0 Å². The van der Waals surface area contributed by atoms with E-state index in [1.54, 1.807) is 30.3 Å². The zero-order valence-corrected chi connectivity index (χ0v) is 23.8. The molecule has 1 saturated heterocycles. The van der Waals surface area contributed by atoms with Crippen LogP contribution in [0.1, 0.15) is 0 Å². The Balaban J connectivity index is 1.36. The Morgan fingerprint density at radius 1 is 1.15 bits per heavy atom. The largest absolute Gasteiger partial charge is 0.542 e. The van der Waals surface area contributed by atoms with Gasteiger partial charge >= 0.3 is 5.97 Å². The molecule has 1 aromatic carbocycles. The second-order valence-corrected chi connectivity index (χ2v) is 12.3. The Labute approximate surface area is 245 Å². The minimum atomic E-state index is -1.76. The summed E-state index contributed by atoms with van der Waals surface area (Å²) in [6, 6.07) is 7.41. The Kier molecular flexibility index (Phi) is 9.49. The third-order valence-electron chi connectivity index (χ3n) is 5.65. The molecule has 4 rings (SSSR count). The molecular weight excluding hydrogens is 609 g/mol. The average Bonchev–Trinajstić information content (AvgIpc) is 2.91. The zero-order valence-electron chi connectivity index (χ0n) is 19.8. The number of thioether (sulfide) groups is 3. The van der Waals surface area contributed by atoms with E-state index in [0.29, 0.717) is 32.0 Å². The molecule has 0 bridgehead atoms. The third-order valence-corrected chi connectivity index (χ3v) is 9.82. The van der Waals surface area contributed by atoms with Crippen LogP contribution in [0, 0.1) is 0 Å². The van der Waals surface area contributed by atoms with E-state index in [1.165, 1.54) is 57.1 Å². The molecule has 0 unspecified atom stereocenters. The van der Waals surface area contributed by atoms with E-state index in [4.69, 9.17) is 23.2 Å². The van der Waals surface area contributed by atoms with Crippen LogP contribution < -0.4 is 15.0 Å². The normalized spacial score (nSPS) is 18.3. The molecule has 0 radical (unpaired) electrons. The van der Waals surface area contributed by atoms with Gasteiger partial charge in [-0.1, -0.05) is 23.2 Å². The van der Waals surface area contributed by atoms with Gasteiger partial charge in [-0.05, 0) is 23.8 Å². The number of ketones is 1. The molecule has 15 heteroatoms. The van der Waals surface area contributed by atoms with Gasteiger partial charge < -0.3 is 20.3 Å². The highest BCUT2D eigenvalue weighted by molar-refractivity contribution is 8.01. The maximum absolute atomic E-state index is 12.9. The van der Waals surface area contributed by atoms with Crippen LogP contribution in [0.2, 0.25) is 10.0 Å². The summed E-state index contributed by atoms with van der Waals surface area (Å²) in [6.07, 6.45) is 3.07. The number of carboxylic acids is 2. The van der Waals surface area contributed by atoms with E-state index in [0.717, 1.165) is 4.90 Å². The summed E-state index contributed by atoms with van der Waals surface area (Å²) in [5.41, 5.74) is 0.467. The maximum Gasteiger partial charge on any atom is 0.352 e. The number of halogens is 2. The van der Waals surface area contributed by atoms with Crippen molar-refractivity contribution in [3.63, 3.8) is 0 Å². The van der Waals surface area contributed by atoms with E-state index in [1.807, 2.05) is 0 Å². The number of aliphatic carboxylic acids is 2. The second-order valence-electron chi connectivity index (χ2n) is 8.28. The Bertz CT molecular complexity index is 1390. The monoisotopic (exact) mass is 627 g/mol. The lowest BCUT2D eigenvalue weighted by Crippen LogP contribution is -2.70. The van der Waals surface area contributed by atoms with E-state index < -0.39 is 35.0 Å². The molecule has 2 N–H and O–H groups in total. The lowest BCUT2D eigenvalue weighted by molar-refractivity contribution is -0.684. The topological polar surface area (TPSA) is 148 Å². The molecular formula is C24H19Cl2N3O7S3. The van der Waals surface area contributed by atoms with E-state index in [9.17, 15) is 34.2 Å². The fourth-order valence-electron chi connectivity index (χ4n) is 3.79. The fourth-order valence-corrected chi connectivity index (χ4v) is 7.46. The number of pyridine rings is 1. The lowest BCUT2D eigenvalue weighted by Gasteiger charge is -2.49. The molecule has 10 nitrogen and oxygen atoms in total. The number of amides is 2. The van der Waals surface area contributed by atoms with E-state index in [-0.39, 0.29) is 23.9 Å². The highest BCUT2D eigenvalue weighted by Crippen LogP contribution is 2.41. The average molecular weight is 629 g/mol. The van der Waals surface area contributed by atoms with Crippen LogP contribution in [0.3, 0.4) is 0 Å².